The van der Waals surface area contributed by atoms with Gasteiger partial charge < -0.3 is 14.3 Å². The molecule has 0 radical (unpaired) electrons. The summed E-state index contributed by atoms with van der Waals surface area (Å²) in [7, 11) is 0. The van der Waals surface area contributed by atoms with Crippen molar-refractivity contribution < 1.29 is 23.8 Å². The fourth-order valence-electron chi connectivity index (χ4n) is 2.05. The molecule has 2 N–H and O–H groups in total. The van der Waals surface area contributed by atoms with Crippen LogP contribution in [-0.4, -0.2) is 23.6 Å². The van der Waals surface area contributed by atoms with Gasteiger partial charge in [0.2, 0.25) is 0 Å². The van der Waals surface area contributed by atoms with Gasteiger partial charge in [0.25, 0.3) is 0 Å². The van der Waals surface area contributed by atoms with Crippen molar-refractivity contribution in [1.29, 1.82) is 0 Å². The monoisotopic (exact) mass is 337 g/mol. The zero-order valence-electron chi connectivity index (χ0n) is 14.1. The average Bonchev–Trinajstić information content (AvgIpc) is 2.53. The van der Waals surface area contributed by atoms with Crippen molar-refractivity contribution in [2.45, 2.75) is 46.0 Å². The SMILES string of the molecule is CCOC(=O)N/C=C/CCC(C)c1cc(O)c(C(=O)CC)c(=O)o1. The number of carbonyl (C=O) groups excluding carboxylic acids is 2. The van der Waals surface area contributed by atoms with E-state index in [1.807, 2.05) is 6.92 Å². The first-order valence-corrected chi connectivity index (χ1v) is 7.89. The van der Waals surface area contributed by atoms with E-state index in [0.29, 0.717) is 25.2 Å². The summed E-state index contributed by atoms with van der Waals surface area (Å²) in [5.41, 5.74) is -1.12. The van der Waals surface area contributed by atoms with E-state index in [9.17, 15) is 19.5 Å². The van der Waals surface area contributed by atoms with Gasteiger partial charge >= 0.3 is 11.7 Å². The van der Waals surface area contributed by atoms with Crippen molar-refractivity contribution >= 4 is 11.9 Å². The molecular weight excluding hydrogens is 314 g/mol. The van der Waals surface area contributed by atoms with Gasteiger partial charge in [0, 0.05) is 24.6 Å². The van der Waals surface area contributed by atoms with Gasteiger partial charge in [-0.25, -0.2) is 9.59 Å². The molecule has 1 heterocycles. The van der Waals surface area contributed by atoms with Crippen LogP contribution in [0.2, 0.25) is 0 Å². The van der Waals surface area contributed by atoms with E-state index in [1.165, 1.54) is 12.3 Å². The number of nitrogens with one attached hydrogen (secondary N) is 1. The Morgan fingerprint density at radius 3 is 2.71 bits per heavy atom. The predicted octanol–water partition coefficient (Wildman–Crippen LogP) is 3.08. The van der Waals surface area contributed by atoms with Crippen LogP contribution in [0.5, 0.6) is 5.75 Å². The maximum absolute atomic E-state index is 11.9. The lowest BCUT2D eigenvalue weighted by Gasteiger charge is -2.10. The maximum atomic E-state index is 11.9. The first-order chi connectivity index (χ1) is 11.4. The topological polar surface area (TPSA) is 106 Å². The summed E-state index contributed by atoms with van der Waals surface area (Å²) in [6, 6.07) is 1.32. The third kappa shape index (κ3) is 5.57. The molecule has 132 valence electrons. The predicted molar refractivity (Wildman–Crippen MR) is 88.2 cm³/mol. The highest BCUT2D eigenvalue weighted by atomic mass is 16.5. The van der Waals surface area contributed by atoms with Crippen LogP contribution in [0, 0.1) is 0 Å². The summed E-state index contributed by atoms with van der Waals surface area (Å²) in [5, 5.41) is 12.3. The molecule has 0 aromatic carbocycles. The second kappa shape index (κ2) is 9.54. The molecule has 0 aliphatic carbocycles. The van der Waals surface area contributed by atoms with Crippen LogP contribution in [-0.2, 0) is 4.74 Å². The smallest absolute Gasteiger partial charge is 0.411 e. The molecule has 0 saturated heterocycles. The molecule has 1 rings (SSSR count). The van der Waals surface area contributed by atoms with Gasteiger partial charge in [-0.3, -0.25) is 10.1 Å². The third-order valence-electron chi connectivity index (χ3n) is 3.40. The van der Waals surface area contributed by atoms with Gasteiger partial charge in [0.1, 0.15) is 17.1 Å². The van der Waals surface area contributed by atoms with Crippen molar-refractivity contribution in [2.24, 2.45) is 0 Å². The highest BCUT2D eigenvalue weighted by molar-refractivity contribution is 5.97. The Labute approximate surface area is 140 Å². The lowest BCUT2D eigenvalue weighted by Crippen LogP contribution is -2.18. The number of allylic oxidation sites excluding steroid dienone is 1. The number of Topliss-reactive ketones (excluding diaryl/α,β-unsaturated/α-hetero) is 1. The van der Waals surface area contributed by atoms with E-state index in [1.54, 1.807) is 19.9 Å². The number of carbonyl (C=O) groups is 2. The number of hydrogen-bond donors (Lipinski definition) is 2. The van der Waals surface area contributed by atoms with Gasteiger partial charge in [-0.2, -0.15) is 0 Å². The minimum absolute atomic E-state index is 0.117. The molecule has 1 atom stereocenters. The molecule has 7 heteroatoms. The standard InChI is InChI=1S/C17H23NO6/c1-4-12(19)15-13(20)10-14(24-16(15)21)11(3)8-6-7-9-18-17(22)23-5-2/h7,9-11,20H,4-6,8H2,1-3H3,(H,18,22)/b9-7+. The Bertz CT molecular complexity index is 662. The molecule has 0 aliphatic rings. The molecule has 1 aromatic rings. The number of ketones is 1. The molecular formula is C17H23NO6. The lowest BCUT2D eigenvalue weighted by molar-refractivity contribution is 0.0980. The van der Waals surface area contributed by atoms with Gasteiger partial charge in [0.15, 0.2) is 5.78 Å². The highest BCUT2D eigenvalue weighted by Gasteiger charge is 2.19. The molecule has 24 heavy (non-hydrogen) atoms. The maximum Gasteiger partial charge on any atom is 0.411 e. The molecule has 0 spiro atoms. The van der Waals surface area contributed by atoms with Crippen LogP contribution in [0.25, 0.3) is 0 Å². The Balaban J connectivity index is 2.64. The quantitative estimate of drug-likeness (QED) is 0.706. The summed E-state index contributed by atoms with van der Waals surface area (Å²) in [6.07, 6.45) is 4.08. The Morgan fingerprint density at radius 1 is 1.42 bits per heavy atom. The first-order valence-electron chi connectivity index (χ1n) is 7.89. The molecule has 0 aliphatic heterocycles. The van der Waals surface area contributed by atoms with E-state index in [0.717, 1.165) is 0 Å². The number of aromatic hydroxyl groups is 1. The minimum Gasteiger partial charge on any atom is -0.507 e. The lowest BCUT2D eigenvalue weighted by atomic mass is 10.0. The highest BCUT2D eigenvalue weighted by Crippen LogP contribution is 2.25. The fourth-order valence-corrected chi connectivity index (χ4v) is 2.05. The van der Waals surface area contributed by atoms with Crippen molar-refractivity contribution in [3.63, 3.8) is 0 Å². The molecule has 0 fully saturated rings. The molecule has 7 nitrogen and oxygen atoms in total. The molecule has 0 saturated carbocycles. The zero-order chi connectivity index (χ0) is 18.1. The summed E-state index contributed by atoms with van der Waals surface area (Å²) in [5.74, 6) is -0.619. The van der Waals surface area contributed by atoms with Gasteiger partial charge in [-0.1, -0.05) is 19.9 Å². The second-order valence-corrected chi connectivity index (χ2v) is 5.22. The van der Waals surface area contributed by atoms with Crippen LogP contribution < -0.4 is 10.9 Å². The van der Waals surface area contributed by atoms with E-state index in [4.69, 9.17) is 9.15 Å². The van der Waals surface area contributed by atoms with Crippen LogP contribution >= 0.6 is 0 Å². The Hall–Kier alpha value is -2.57. The third-order valence-corrected chi connectivity index (χ3v) is 3.40. The molecule has 0 bridgehead atoms. The van der Waals surface area contributed by atoms with E-state index in [-0.39, 0.29) is 23.7 Å². The number of alkyl carbamates (subject to hydrolysis) is 1. The van der Waals surface area contributed by atoms with Crippen LogP contribution in [0.15, 0.2) is 27.6 Å². The van der Waals surface area contributed by atoms with Crippen LogP contribution in [0.1, 0.15) is 62.1 Å². The van der Waals surface area contributed by atoms with Crippen LogP contribution in [0.3, 0.4) is 0 Å². The number of amides is 1. The minimum atomic E-state index is -0.816. The van der Waals surface area contributed by atoms with Crippen molar-refractivity contribution in [1.82, 2.24) is 5.32 Å². The Kier molecular flexibility index (Phi) is 7.74. The van der Waals surface area contributed by atoms with Gasteiger partial charge in [0.05, 0.1) is 6.61 Å². The second-order valence-electron chi connectivity index (χ2n) is 5.22. The van der Waals surface area contributed by atoms with Crippen molar-refractivity contribution in [3.05, 3.63) is 40.1 Å². The van der Waals surface area contributed by atoms with Crippen LogP contribution in [0.4, 0.5) is 4.79 Å². The number of hydrogen-bond acceptors (Lipinski definition) is 6. The van der Waals surface area contributed by atoms with Crippen molar-refractivity contribution in [2.75, 3.05) is 6.61 Å². The summed E-state index contributed by atoms with van der Waals surface area (Å²) in [6.45, 7) is 5.46. The average molecular weight is 337 g/mol. The number of rotatable bonds is 8. The zero-order valence-corrected chi connectivity index (χ0v) is 14.1. The van der Waals surface area contributed by atoms with Crippen molar-refractivity contribution in [3.8, 4) is 5.75 Å². The molecule has 1 unspecified atom stereocenters. The Morgan fingerprint density at radius 2 is 2.12 bits per heavy atom. The molecule has 1 amide bonds. The van der Waals surface area contributed by atoms with Gasteiger partial charge in [-0.15, -0.1) is 0 Å². The summed E-state index contributed by atoms with van der Waals surface area (Å²) < 4.78 is 9.85. The fraction of sp³-hybridized carbons (Fsp3) is 0.471. The molecule has 1 aromatic heterocycles. The van der Waals surface area contributed by atoms with E-state index in [2.05, 4.69) is 5.32 Å². The number of ether oxygens (including phenoxy) is 1. The van der Waals surface area contributed by atoms with Gasteiger partial charge in [-0.05, 0) is 19.8 Å². The van der Waals surface area contributed by atoms with E-state index < -0.39 is 17.5 Å². The summed E-state index contributed by atoms with van der Waals surface area (Å²) in [4.78, 5) is 34.5. The normalized spacial score (nSPS) is 12.1. The first kappa shape index (κ1) is 19.5. The largest absolute Gasteiger partial charge is 0.507 e. The van der Waals surface area contributed by atoms with E-state index >= 15 is 0 Å². The summed E-state index contributed by atoms with van der Waals surface area (Å²) >= 11 is 0.